The van der Waals surface area contributed by atoms with Crippen molar-refractivity contribution in [2.45, 2.75) is 24.3 Å². The number of halogens is 1. The molecular formula is C16H18BrNS. The minimum atomic E-state index is 0.342. The third-order valence-electron chi connectivity index (χ3n) is 3.07. The Morgan fingerprint density at radius 3 is 2.63 bits per heavy atom. The molecule has 19 heavy (non-hydrogen) atoms. The molecule has 3 heteroatoms. The smallest absolute Gasteiger partial charge is 0.0511 e. The van der Waals surface area contributed by atoms with E-state index in [1.54, 1.807) is 11.8 Å². The Labute approximate surface area is 127 Å². The maximum absolute atomic E-state index is 3.61. The summed E-state index contributed by atoms with van der Waals surface area (Å²) in [5, 5.41) is 3.61. The Morgan fingerprint density at radius 1 is 1.16 bits per heavy atom. The van der Waals surface area contributed by atoms with Gasteiger partial charge in [-0.05, 0) is 48.6 Å². The zero-order chi connectivity index (χ0) is 13.7. The van der Waals surface area contributed by atoms with E-state index >= 15 is 0 Å². The van der Waals surface area contributed by atoms with E-state index in [-0.39, 0.29) is 0 Å². The number of benzene rings is 2. The minimum Gasteiger partial charge on any atom is -0.378 e. The van der Waals surface area contributed by atoms with Crippen LogP contribution in [-0.4, -0.2) is 6.26 Å². The van der Waals surface area contributed by atoms with Crippen LogP contribution < -0.4 is 5.32 Å². The van der Waals surface area contributed by atoms with Crippen molar-refractivity contribution in [2.75, 3.05) is 11.6 Å². The fourth-order valence-electron chi connectivity index (χ4n) is 2.06. The van der Waals surface area contributed by atoms with E-state index in [1.807, 2.05) is 0 Å². The lowest BCUT2D eigenvalue weighted by Crippen LogP contribution is -2.09. The fourth-order valence-corrected chi connectivity index (χ4v) is 2.93. The lowest BCUT2D eigenvalue weighted by atomic mass is 10.0. The zero-order valence-electron chi connectivity index (χ0n) is 11.2. The van der Waals surface area contributed by atoms with E-state index in [4.69, 9.17) is 0 Å². The monoisotopic (exact) mass is 335 g/mol. The van der Waals surface area contributed by atoms with Crippen molar-refractivity contribution < 1.29 is 0 Å². The van der Waals surface area contributed by atoms with Crippen molar-refractivity contribution in [3.8, 4) is 0 Å². The summed E-state index contributed by atoms with van der Waals surface area (Å²) < 4.78 is 1.13. The quantitative estimate of drug-likeness (QED) is 0.699. The number of thioether (sulfide) groups is 1. The molecule has 0 saturated heterocycles. The second-order valence-corrected chi connectivity index (χ2v) is 6.19. The molecule has 0 aromatic heterocycles. The third-order valence-corrected chi connectivity index (χ3v) is 4.29. The Kier molecular flexibility index (Phi) is 5.34. The SMILES string of the molecule is CCC(Nc1cccc(SC)c1)c1cccc(Br)c1. The normalized spacial score (nSPS) is 12.2. The highest BCUT2D eigenvalue weighted by atomic mass is 79.9. The molecule has 0 aliphatic carbocycles. The average molecular weight is 336 g/mol. The number of hydrogen-bond acceptors (Lipinski definition) is 2. The number of hydrogen-bond donors (Lipinski definition) is 1. The van der Waals surface area contributed by atoms with Crippen LogP contribution in [0.4, 0.5) is 5.69 Å². The lowest BCUT2D eigenvalue weighted by Gasteiger charge is -2.19. The number of anilines is 1. The summed E-state index contributed by atoms with van der Waals surface area (Å²) in [6.45, 7) is 2.21. The van der Waals surface area contributed by atoms with Gasteiger partial charge in [-0.1, -0.05) is 41.1 Å². The molecule has 0 bridgehead atoms. The van der Waals surface area contributed by atoms with E-state index in [1.165, 1.54) is 16.1 Å². The first-order chi connectivity index (χ1) is 9.22. The molecule has 0 aliphatic rings. The van der Waals surface area contributed by atoms with Crippen LogP contribution in [0, 0.1) is 0 Å². The summed E-state index contributed by atoms with van der Waals surface area (Å²) in [5.41, 5.74) is 2.49. The Bertz CT molecular complexity index is 542. The molecule has 2 aromatic carbocycles. The molecule has 0 fully saturated rings. The molecule has 0 amide bonds. The van der Waals surface area contributed by atoms with Gasteiger partial charge in [0.2, 0.25) is 0 Å². The van der Waals surface area contributed by atoms with Gasteiger partial charge in [-0.15, -0.1) is 11.8 Å². The molecule has 0 aliphatic heterocycles. The lowest BCUT2D eigenvalue weighted by molar-refractivity contribution is 0.748. The molecule has 1 atom stereocenters. The first-order valence-electron chi connectivity index (χ1n) is 6.39. The number of rotatable bonds is 5. The van der Waals surface area contributed by atoms with Gasteiger partial charge in [-0.3, -0.25) is 0 Å². The van der Waals surface area contributed by atoms with Gasteiger partial charge in [0.05, 0.1) is 6.04 Å². The zero-order valence-corrected chi connectivity index (χ0v) is 13.6. The predicted octanol–water partition coefficient (Wildman–Crippen LogP) is 5.73. The minimum absolute atomic E-state index is 0.342. The molecule has 100 valence electrons. The molecule has 2 rings (SSSR count). The second kappa shape index (κ2) is 7.01. The molecule has 0 spiro atoms. The Balaban J connectivity index is 2.18. The third kappa shape index (κ3) is 4.02. The summed E-state index contributed by atoms with van der Waals surface area (Å²) >= 11 is 5.31. The summed E-state index contributed by atoms with van der Waals surface area (Å²) in [7, 11) is 0. The molecule has 1 unspecified atom stereocenters. The standard InChI is InChI=1S/C16H18BrNS/c1-3-16(12-6-4-7-13(17)10-12)18-14-8-5-9-15(11-14)19-2/h4-11,16,18H,3H2,1-2H3. The van der Waals surface area contributed by atoms with Gasteiger partial charge in [0.25, 0.3) is 0 Å². The van der Waals surface area contributed by atoms with E-state index in [2.05, 4.69) is 83.0 Å². The van der Waals surface area contributed by atoms with Crippen molar-refractivity contribution in [1.29, 1.82) is 0 Å². The van der Waals surface area contributed by atoms with Gasteiger partial charge in [0.15, 0.2) is 0 Å². The number of nitrogens with one attached hydrogen (secondary N) is 1. The van der Waals surface area contributed by atoms with Gasteiger partial charge in [0, 0.05) is 15.1 Å². The first-order valence-corrected chi connectivity index (χ1v) is 8.40. The summed E-state index contributed by atoms with van der Waals surface area (Å²) in [5.74, 6) is 0. The van der Waals surface area contributed by atoms with Crippen molar-refractivity contribution in [2.24, 2.45) is 0 Å². The van der Waals surface area contributed by atoms with Crippen LogP contribution in [0.1, 0.15) is 24.9 Å². The van der Waals surface area contributed by atoms with Gasteiger partial charge < -0.3 is 5.32 Å². The molecular weight excluding hydrogens is 318 g/mol. The van der Waals surface area contributed by atoms with Crippen LogP contribution >= 0.6 is 27.7 Å². The van der Waals surface area contributed by atoms with Gasteiger partial charge in [-0.2, -0.15) is 0 Å². The summed E-state index contributed by atoms with van der Waals surface area (Å²) in [6.07, 6.45) is 3.16. The van der Waals surface area contributed by atoms with Crippen LogP contribution in [-0.2, 0) is 0 Å². The van der Waals surface area contributed by atoms with Gasteiger partial charge in [0.1, 0.15) is 0 Å². The van der Waals surface area contributed by atoms with Gasteiger partial charge >= 0.3 is 0 Å². The van der Waals surface area contributed by atoms with Crippen LogP contribution in [0.3, 0.4) is 0 Å². The van der Waals surface area contributed by atoms with E-state index in [9.17, 15) is 0 Å². The molecule has 0 heterocycles. The fraction of sp³-hybridized carbons (Fsp3) is 0.250. The predicted molar refractivity (Wildman–Crippen MR) is 89.0 cm³/mol. The molecule has 0 radical (unpaired) electrons. The van der Waals surface area contributed by atoms with Crippen LogP contribution in [0.5, 0.6) is 0 Å². The molecule has 1 nitrogen and oxygen atoms in total. The van der Waals surface area contributed by atoms with E-state index in [0.29, 0.717) is 6.04 Å². The maximum atomic E-state index is 3.61. The van der Waals surface area contributed by atoms with Crippen molar-refractivity contribution >= 4 is 33.4 Å². The average Bonchev–Trinajstić information content (AvgIpc) is 2.45. The first kappa shape index (κ1) is 14.5. The highest BCUT2D eigenvalue weighted by Gasteiger charge is 2.09. The Hall–Kier alpha value is -0.930. The second-order valence-electron chi connectivity index (χ2n) is 4.39. The maximum Gasteiger partial charge on any atom is 0.0511 e. The topological polar surface area (TPSA) is 12.0 Å². The summed E-state index contributed by atoms with van der Waals surface area (Å²) in [6, 6.07) is 17.4. The van der Waals surface area contributed by atoms with Crippen LogP contribution in [0.25, 0.3) is 0 Å². The van der Waals surface area contributed by atoms with E-state index in [0.717, 1.165) is 10.9 Å². The van der Waals surface area contributed by atoms with Crippen molar-refractivity contribution in [3.63, 3.8) is 0 Å². The molecule has 1 N–H and O–H groups in total. The molecule has 0 saturated carbocycles. The Morgan fingerprint density at radius 2 is 1.95 bits per heavy atom. The summed E-state index contributed by atoms with van der Waals surface area (Å²) in [4.78, 5) is 1.29. The van der Waals surface area contributed by atoms with Crippen LogP contribution in [0.2, 0.25) is 0 Å². The largest absolute Gasteiger partial charge is 0.378 e. The highest BCUT2D eigenvalue weighted by molar-refractivity contribution is 9.10. The highest BCUT2D eigenvalue weighted by Crippen LogP contribution is 2.26. The van der Waals surface area contributed by atoms with Crippen molar-refractivity contribution in [3.05, 3.63) is 58.6 Å². The van der Waals surface area contributed by atoms with Gasteiger partial charge in [-0.25, -0.2) is 0 Å². The van der Waals surface area contributed by atoms with Crippen LogP contribution in [0.15, 0.2) is 57.9 Å². The van der Waals surface area contributed by atoms with E-state index < -0.39 is 0 Å². The van der Waals surface area contributed by atoms with Crippen molar-refractivity contribution in [1.82, 2.24) is 0 Å². The molecule has 2 aromatic rings.